The summed E-state index contributed by atoms with van der Waals surface area (Å²) < 4.78 is 0. The maximum absolute atomic E-state index is 2.32. The van der Waals surface area contributed by atoms with Crippen LogP contribution in [0.25, 0.3) is 0 Å². The molecule has 0 aromatic rings. The summed E-state index contributed by atoms with van der Waals surface area (Å²) in [5.74, 6) is 0. The smallest absolute Gasteiger partial charge is 0.0741 e. The normalized spacial score (nSPS) is 11.8. The number of hydrogen-bond acceptors (Lipinski definition) is 0. The van der Waals surface area contributed by atoms with E-state index in [1.807, 2.05) is 0 Å². The highest BCUT2D eigenvalue weighted by Gasteiger charge is 2.13. The molecule has 0 nitrogen and oxygen atoms in total. The standard InChI is InChI=1S/C90H183B/c1-4-7-10-13-16-19-22-25-28-31-34-37-40-43-46-49-52-55-58-61-64-67-70-73-76-79-82-85-88-91(89-86-83-80-77-74-71-68-65-62-59-56-53-50-47-44-41-38-35-32-29-26-23-20-17-14-11-8-5-2)90-87-84-81-78-75-72-69-66-63-60-57-54-51-48-45-42-39-36-33-30-27-24-21-18-15-12-9-6-3/h4-90H2,1-3H3. The fourth-order valence-corrected chi connectivity index (χ4v) is 15.7. The average molecular weight is 1280 g/mol. The lowest BCUT2D eigenvalue weighted by molar-refractivity contribution is 0.514. The lowest BCUT2D eigenvalue weighted by Crippen LogP contribution is -2.12. The summed E-state index contributed by atoms with van der Waals surface area (Å²) in [4.78, 5) is 0. The fourth-order valence-electron chi connectivity index (χ4n) is 15.7. The Labute approximate surface area is 582 Å². The van der Waals surface area contributed by atoms with E-state index >= 15 is 0 Å². The molecule has 0 unspecified atom stereocenters. The molecule has 0 aliphatic rings. The SMILES string of the molecule is CCCCCCCCCCCCCCCCCCCCCCCCCCCCCCB(CCCCCCCCCCCCCCCCCCCCCCCCCCCCCC)CCCCCCCCCCCCCCCCCCCCCCCCCCCCCC. The quantitative estimate of drug-likeness (QED) is 0.0421. The average Bonchev–Trinajstić information content (AvgIpc) is 3.61. The van der Waals surface area contributed by atoms with Crippen LogP contribution in [-0.2, 0) is 0 Å². The molecule has 91 heavy (non-hydrogen) atoms. The summed E-state index contributed by atoms with van der Waals surface area (Å²) in [7, 11) is 0. The van der Waals surface area contributed by atoms with Crippen molar-refractivity contribution in [3.63, 3.8) is 0 Å². The fraction of sp³-hybridized carbons (Fsp3) is 1.00. The van der Waals surface area contributed by atoms with Gasteiger partial charge >= 0.3 is 0 Å². The largest absolute Gasteiger partial charge is 0.139 e. The molecule has 0 aromatic heterocycles. The molecule has 0 atom stereocenters. The minimum absolute atomic E-state index is 1.03. The zero-order valence-corrected chi connectivity index (χ0v) is 65.1. The van der Waals surface area contributed by atoms with Crippen molar-refractivity contribution in [1.29, 1.82) is 0 Å². The van der Waals surface area contributed by atoms with E-state index in [4.69, 9.17) is 0 Å². The van der Waals surface area contributed by atoms with E-state index in [0.29, 0.717) is 0 Å². The Morgan fingerprint density at radius 3 is 0.231 bits per heavy atom. The predicted molar refractivity (Wildman–Crippen MR) is 425 cm³/mol. The van der Waals surface area contributed by atoms with Gasteiger partial charge in [0.25, 0.3) is 0 Å². The molecule has 0 fully saturated rings. The minimum Gasteiger partial charge on any atom is -0.0741 e. The molecule has 546 valence electrons. The van der Waals surface area contributed by atoms with Gasteiger partial charge in [-0.1, -0.05) is 579 Å². The monoisotopic (exact) mass is 1280 g/mol. The molecular formula is C90H183B. The first kappa shape index (κ1) is 91.1. The molecule has 0 N–H and O–H groups in total. The summed E-state index contributed by atoms with van der Waals surface area (Å²) in [6, 6.07) is 0. The Hall–Kier alpha value is 0.0649. The summed E-state index contributed by atoms with van der Waals surface area (Å²) in [6.07, 6.45) is 130. The Morgan fingerprint density at radius 2 is 0.154 bits per heavy atom. The number of hydrogen-bond donors (Lipinski definition) is 0. The Morgan fingerprint density at radius 1 is 0.0879 bits per heavy atom. The van der Waals surface area contributed by atoms with Crippen molar-refractivity contribution < 1.29 is 0 Å². The summed E-state index contributed by atoms with van der Waals surface area (Å²) in [5.41, 5.74) is 0. The molecule has 0 saturated carbocycles. The van der Waals surface area contributed by atoms with Crippen molar-refractivity contribution in [2.75, 3.05) is 0 Å². The van der Waals surface area contributed by atoms with Gasteiger partial charge in [-0.05, 0) is 0 Å². The van der Waals surface area contributed by atoms with Crippen molar-refractivity contribution in [2.24, 2.45) is 0 Å². The van der Waals surface area contributed by atoms with Gasteiger partial charge in [-0.15, -0.1) is 0 Å². The van der Waals surface area contributed by atoms with E-state index in [-0.39, 0.29) is 0 Å². The lowest BCUT2D eigenvalue weighted by Gasteiger charge is -2.14. The Balaban J connectivity index is 4.01. The summed E-state index contributed by atoms with van der Waals surface area (Å²) in [5, 5.41) is 0. The van der Waals surface area contributed by atoms with Crippen molar-refractivity contribution in [2.45, 2.75) is 579 Å². The van der Waals surface area contributed by atoms with Crippen LogP contribution in [0.5, 0.6) is 0 Å². The molecular weight excluding hydrogens is 1090 g/mol. The predicted octanol–water partition coefficient (Wildman–Crippen LogP) is 35.3. The van der Waals surface area contributed by atoms with Gasteiger partial charge in [0.1, 0.15) is 6.71 Å². The number of rotatable bonds is 87. The summed E-state index contributed by atoms with van der Waals surface area (Å²) in [6.45, 7) is 7.99. The summed E-state index contributed by atoms with van der Waals surface area (Å²) >= 11 is 0. The highest BCUT2D eigenvalue weighted by molar-refractivity contribution is 6.58. The van der Waals surface area contributed by atoms with E-state index in [2.05, 4.69) is 20.8 Å². The maximum Gasteiger partial charge on any atom is 0.139 e. The van der Waals surface area contributed by atoms with Crippen molar-refractivity contribution in [1.82, 2.24) is 0 Å². The van der Waals surface area contributed by atoms with Crippen LogP contribution in [0.4, 0.5) is 0 Å². The van der Waals surface area contributed by atoms with Gasteiger partial charge < -0.3 is 0 Å². The molecule has 0 amide bonds. The van der Waals surface area contributed by atoms with Crippen LogP contribution in [-0.4, -0.2) is 6.71 Å². The molecule has 0 saturated heterocycles. The zero-order valence-electron chi connectivity index (χ0n) is 65.1. The van der Waals surface area contributed by atoms with E-state index in [9.17, 15) is 0 Å². The highest BCUT2D eigenvalue weighted by Crippen LogP contribution is 2.24. The zero-order chi connectivity index (χ0) is 65.1. The second-order valence-electron chi connectivity index (χ2n) is 31.9. The highest BCUT2D eigenvalue weighted by atomic mass is 14.1. The van der Waals surface area contributed by atoms with E-state index in [1.54, 1.807) is 19.0 Å². The van der Waals surface area contributed by atoms with Gasteiger partial charge in [0.05, 0.1) is 0 Å². The molecule has 0 bridgehead atoms. The van der Waals surface area contributed by atoms with Crippen LogP contribution < -0.4 is 0 Å². The van der Waals surface area contributed by atoms with Crippen molar-refractivity contribution in [3.8, 4) is 0 Å². The third-order valence-electron chi connectivity index (χ3n) is 22.4. The van der Waals surface area contributed by atoms with Crippen LogP contribution in [0.3, 0.4) is 0 Å². The molecule has 0 spiro atoms. The first-order valence-electron chi connectivity index (χ1n) is 45.3. The van der Waals surface area contributed by atoms with Crippen LogP contribution in [0.2, 0.25) is 19.0 Å². The molecule has 0 aliphatic heterocycles. The van der Waals surface area contributed by atoms with E-state index < -0.39 is 0 Å². The second-order valence-corrected chi connectivity index (χ2v) is 31.9. The van der Waals surface area contributed by atoms with Crippen LogP contribution in [0, 0.1) is 0 Å². The molecule has 0 aromatic carbocycles. The topological polar surface area (TPSA) is 0 Å². The minimum atomic E-state index is 1.03. The van der Waals surface area contributed by atoms with Crippen LogP contribution in [0.1, 0.15) is 560 Å². The maximum atomic E-state index is 2.32. The van der Waals surface area contributed by atoms with Gasteiger partial charge in [0.2, 0.25) is 0 Å². The molecule has 0 heterocycles. The van der Waals surface area contributed by atoms with Gasteiger partial charge in [-0.25, -0.2) is 0 Å². The molecule has 1 heteroatoms. The Kier molecular flexibility index (Phi) is 88.1. The lowest BCUT2D eigenvalue weighted by atomic mass is 9.41. The van der Waals surface area contributed by atoms with Gasteiger partial charge in [0.15, 0.2) is 0 Å². The first-order chi connectivity index (χ1) is 45.3. The van der Waals surface area contributed by atoms with E-state index in [0.717, 1.165) is 6.71 Å². The van der Waals surface area contributed by atoms with Gasteiger partial charge in [-0.2, -0.15) is 0 Å². The van der Waals surface area contributed by atoms with Crippen LogP contribution in [0.15, 0.2) is 0 Å². The molecule has 0 radical (unpaired) electrons. The first-order valence-corrected chi connectivity index (χ1v) is 45.3. The molecule has 0 aliphatic carbocycles. The third-order valence-corrected chi connectivity index (χ3v) is 22.4. The second kappa shape index (κ2) is 88.1. The Bertz CT molecular complexity index is 1030. The van der Waals surface area contributed by atoms with Crippen molar-refractivity contribution >= 4 is 6.71 Å². The van der Waals surface area contributed by atoms with E-state index in [1.165, 1.54) is 539 Å². The molecule has 0 rings (SSSR count). The number of unbranched alkanes of at least 4 members (excludes halogenated alkanes) is 81. The third kappa shape index (κ3) is 86.1. The van der Waals surface area contributed by atoms with Gasteiger partial charge in [0, 0.05) is 0 Å². The van der Waals surface area contributed by atoms with Crippen LogP contribution >= 0.6 is 0 Å². The van der Waals surface area contributed by atoms with Gasteiger partial charge in [-0.3, -0.25) is 0 Å². The van der Waals surface area contributed by atoms with Crippen molar-refractivity contribution in [3.05, 3.63) is 0 Å².